The second-order valence-corrected chi connectivity index (χ2v) is 7.74. The molecule has 28 heavy (non-hydrogen) atoms. The second-order valence-electron chi connectivity index (χ2n) is 5.89. The van der Waals surface area contributed by atoms with Gasteiger partial charge in [0.2, 0.25) is 10.0 Å². The number of pyridine rings is 1. The zero-order valence-corrected chi connectivity index (χ0v) is 16.2. The molecule has 0 aliphatic heterocycles. The van der Waals surface area contributed by atoms with Crippen molar-refractivity contribution in [3.63, 3.8) is 0 Å². The highest BCUT2D eigenvalue weighted by Gasteiger charge is 2.14. The van der Waals surface area contributed by atoms with Crippen molar-refractivity contribution in [2.75, 3.05) is 31.2 Å². The number of methoxy groups -OCH3 is 2. The molecule has 0 spiro atoms. The minimum atomic E-state index is -3.63. The number of carbonyl (C=O) groups is 1. The lowest BCUT2D eigenvalue weighted by atomic mass is 10.2. The fraction of sp³-hybridized carbons (Fsp3) is 0.222. The maximum absolute atomic E-state index is 12.3. The van der Waals surface area contributed by atoms with E-state index in [-0.39, 0.29) is 12.3 Å². The van der Waals surface area contributed by atoms with Crippen LogP contribution in [0, 0.1) is 0 Å². The smallest absolute Gasteiger partial charge is 0.251 e. The van der Waals surface area contributed by atoms with E-state index in [4.69, 9.17) is 9.47 Å². The van der Waals surface area contributed by atoms with E-state index in [0.29, 0.717) is 22.7 Å². The molecule has 1 amide bonds. The average molecular weight is 404 g/mol. The summed E-state index contributed by atoms with van der Waals surface area (Å²) in [6.07, 6.45) is 3.28. The normalized spacial score (nSPS) is 11.2. The molecular weight excluding hydrogens is 384 g/mol. The molecule has 0 radical (unpaired) electrons. The summed E-state index contributed by atoms with van der Waals surface area (Å²) in [6.45, 7) is -0.0530. The first-order valence-electron chi connectivity index (χ1n) is 8.35. The summed E-state index contributed by atoms with van der Waals surface area (Å²) in [5.41, 5.74) is 1.50. The Kier molecular flexibility index (Phi) is 5.69. The topological polar surface area (TPSA) is 111 Å². The molecule has 10 heteroatoms. The van der Waals surface area contributed by atoms with Gasteiger partial charge in [0.1, 0.15) is 11.5 Å². The van der Waals surface area contributed by atoms with Gasteiger partial charge in [0.15, 0.2) is 0 Å². The van der Waals surface area contributed by atoms with Gasteiger partial charge in [0, 0.05) is 30.6 Å². The van der Waals surface area contributed by atoms with E-state index >= 15 is 0 Å². The molecule has 9 nitrogen and oxygen atoms in total. The summed E-state index contributed by atoms with van der Waals surface area (Å²) < 4.78 is 38.9. The van der Waals surface area contributed by atoms with E-state index < -0.39 is 15.9 Å². The lowest BCUT2D eigenvalue weighted by molar-refractivity contribution is 0.0955. The van der Waals surface area contributed by atoms with Crippen LogP contribution in [0.15, 0.2) is 48.8 Å². The predicted octanol–water partition coefficient (Wildman–Crippen LogP) is 1.52. The predicted molar refractivity (Wildman–Crippen MR) is 104 cm³/mol. The number of aromatic nitrogens is 2. The molecule has 0 unspecified atom stereocenters. The quantitative estimate of drug-likeness (QED) is 0.589. The fourth-order valence-corrected chi connectivity index (χ4v) is 3.51. The first kappa shape index (κ1) is 19.5. The molecular formula is C18H20N4O5S. The number of rotatable bonds is 8. The second kappa shape index (κ2) is 8.17. The highest BCUT2D eigenvalue weighted by molar-refractivity contribution is 7.92. The molecule has 3 rings (SSSR count). The summed E-state index contributed by atoms with van der Waals surface area (Å²) in [7, 11) is -0.669. The minimum Gasteiger partial charge on any atom is -0.497 e. The lowest BCUT2D eigenvalue weighted by Crippen LogP contribution is -2.31. The van der Waals surface area contributed by atoms with Crippen molar-refractivity contribution in [1.82, 2.24) is 14.9 Å². The number of sulfonamides is 1. The van der Waals surface area contributed by atoms with Crippen LogP contribution in [0.4, 0.5) is 5.69 Å². The van der Waals surface area contributed by atoms with Crippen molar-refractivity contribution < 1.29 is 22.7 Å². The average Bonchev–Trinajstić information content (AvgIpc) is 3.14. The maximum Gasteiger partial charge on any atom is 0.251 e. The third-order valence-corrected chi connectivity index (χ3v) is 5.23. The van der Waals surface area contributed by atoms with Crippen LogP contribution < -0.4 is 19.5 Å². The van der Waals surface area contributed by atoms with Crippen LogP contribution >= 0.6 is 0 Å². The van der Waals surface area contributed by atoms with Crippen molar-refractivity contribution in [3.8, 4) is 11.5 Å². The number of nitrogens with one attached hydrogen (secondary N) is 2. The van der Waals surface area contributed by atoms with Crippen LogP contribution in [-0.4, -0.2) is 50.5 Å². The molecule has 0 bridgehead atoms. The lowest BCUT2D eigenvalue weighted by Gasteiger charge is -2.11. The fourth-order valence-electron chi connectivity index (χ4n) is 2.56. The molecule has 0 saturated heterocycles. The van der Waals surface area contributed by atoms with Gasteiger partial charge in [0.05, 0.1) is 31.2 Å². The van der Waals surface area contributed by atoms with Crippen molar-refractivity contribution in [2.45, 2.75) is 0 Å². The molecule has 0 saturated carbocycles. The first-order chi connectivity index (χ1) is 13.4. The van der Waals surface area contributed by atoms with Gasteiger partial charge in [0.25, 0.3) is 5.91 Å². The Morgan fingerprint density at radius 1 is 1.11 bits per heavy atom. The van der Waals surface area contributed by atoms with E-state index in [0.717, 1.165) is 5.52 Å². The number of fused-ring (bicyclic) bond motifs is 1. The third kappa shape index (κ3) is 4.71. The highest BCUT2D eigenvalue weighted by atomic mass is 32.2. The Morgan fingerprint density at radius 2 is 1.82 bits per heavy atom. The van der Waals surface area contributed by atoms with E-state index in [1.165, 1.54) is 14.2 Å². The largest absolute Gasteiger partial charge is 0.497 e. The molecule has 3 aromatic rings. The number of hydrogen-bond donors (Lipinski definition) is 2. The van der Waals surface area contributed by atoms with Crippen molar-refractivity contribution in [1.29, 1.82) is 0 Å². The Bertz CT molecular complexity index is 1070. The molecule has 1 aromatic carbocycles. The van der Waals surface area contributed by atoms with Gasteiger partial charge in [-0.3, -0.25) is 9.52 Å². The van der Waals surface area contributed by atoms with Gasteiger partial charge in [-0.1, -0.05) is 0 Å². The zero-order chi connectivity index (χ0) is 20.1. The number of benzene rings is 1. The Hall–Kier alpha value is -3.27. The summed E-state index contributed by atoms with van der Waals surface area (Å²) in [6, 6.07) is 9.78. The zero-order valence-electron chi connectivity index (χ0n) is 15.4. The third-order valence-electron chi connectivity index (χ3n) is 3.94. The van der Waals surface area contributed by atoms with Crippen LogP contribution in [0.1, 0.15) is 10.4 Å². The summed E-state index contributed by atoms with van der Waals surface area (Å²) in [5.74, 6) is 0.237. The molecule has 0 aliphatic rings. The number of nitrogens with zero attached hydrogens (tertiary/aromatic N) is 2. The number of amides is 1. The summed E-state index contributed by atoms with van der Waals surface area (Å²) >= 11 is 0. The van der Waals surface area contributed by atoms with Crippen LogP contribution in [0.2, 0.25) is 0 Å². The first-order valence-corrected chi connectivity index (χ1v) is 10.0. The molecule has 2 heterocycles. The van der Waals surface area contributed by atoms with Crippen molar-refractivity contribution >= 4 is 27.1 Å². The van der Waals surface area contributed by atoms with Crippen molar-refractivity contribution in [3.05, 3.63) is 54.4 Å². The van der Waals surface area contributed by atoms with Crippen LogP contribution in [-0.2, 0) is 10.0 Å². The van der Waals surface area contributed by atoms with Crippen molar-refractivity contribution in [2.24, 2.45) is 0 Å². The molecule has 0 fully saturated rings. The van der Waals surface area contributed by atoms with Gasteiger partial charge >= 0.3 is 0 Å². The molecule has 2 aromatic heterocycles. The molecule has 148 valence electrons. The van der Waals surface area contributed by atoms with E-state index in [9.17, 15) is 13.2 Å². The minimum absolute atomic E-state index is 0.0530. The van der Waals surface area contributed by atoms with Gasteiger partial charge in [-0.2, -0.15) is 5.10 Å². The summed E-state index contributed by atoms with van der Waals surface area (Å²) in [4.78, 5) is 12.3. The van der Waals surface area contributed by atoms with E-state index in [1.807, 2.05) is 0 Å². The van der Waals surface area contributed by atoms with Crippen LogP contribution in [0.25, 0.3) is 5.52 Å². The number of hydrogen-bond acceptors (Lipinski definition) is 6. The van der Waals surface area contributed by atoms with Gasteiger partial charge in [-0.15, -0.1) is 0 Å². The Morgan fingerprint density at radius 3 is 2.50 bits per heavy atom. The standard InChI is InChI=1S/C18H20N4O5S/c1-26-16-9-13(10-17(12-16)27-2)18(23)19-6-8-28(24,25)21-14-4-7-22-15(11-14)3-5-20-22/h3-5,7,9-12,21H,6,8H2,1-2H3,(H,19,23). The maximum atomic E-state index is 12.3. The number of ether oxygens (including phenoxy) is 2. The molecule has 0 atom stereocenters. The van der Waals surface area contributed by atoms with Crippen LogP contribution in [0.5, 0.6) is 11.5 Å². The highest BCUT2D eigenvalue weighted by Crippen LogP contribution is 2.22. The monoisotopic (exact) mass is 404 g/mol. The van der Waals surface area contributed by atoms with Crippen LogP contribution in [0.3, 0.4) is 0 Å². The number of anilines is 1. The molecule has 2 N–H and O–H groups in total. The van der Waals surface area contributed by atoms with Gasteiger partial charge in [-0.25, -0.2) is 12.9 Å². The Labute approximate surface area is 162 Å². The number of carbonyl (C=O) groups excluding carboxylic acids is 1. The summed E-state index contributed by atoms with van der Waals surface area (Å²) in [5, 5.41) is 6.64. The molecule has 0 aliphatic carbocycles. The Balaban J connectivity index is 1.59. The van der Waals surface area contributed by atoms with E-state index in [1.54, 1.807) is 53.3 Å². The van der Waals surface area contributed by atoms with Gasteiger partial charge in [-0.05, 0) is 30.3 Å². The SMILES string of the molecule is COc1cc(OC)cc(C(=O)NCCS(=O)(=O)Nc2ccn3nccc3c2)c1. The van der Waals surface area contributed by atoms with E-state index in [2.05, 4.69) is 15.1 Å². The van der Waals surface area contributed by atoms with Gasteiger partial charge < -0.3 is 14.8 Å².